The van der Waals surface area contributed by atoms with Gasteiger partial charge in [0.05, 0.1) is 6.61 Å². The highest BCUT2D eigenvalue weighted by molar-refractivity contribution is 5.36. The summed E-state index contributed by atoms with van der Waals surface area (Å²) >= 11 is 0. The van der Waals surface area contributed by atoms with E-state index in [1.807, 2.05) is 31.2 Å². The summed E-state index contributed by atoms with van der Waals surface area (Å²) in [4.78, 5) is 0. The third-order valence-corrected chi connectivity index (χ3v) is 4.34. The number of hydrogen-bond donors (Lipinski definition) is 1. The third-order valence-electron chi connectivity index (χ3n) is 4.34. The average Bonchev–Trinajstić information content (AvgIpc) is 2.47. The topological polar surface area (TPSA) is 29.5 Å². The molecule has 0 aromatic heterocycles. The van der Waals surface area contributed by atoms with E-state index in [2.05, 4.69) is 24.3 Å². The molecule has 2 nitrogen and oxygen atoms in total. The van der Waals surface area contributed by atoms with E-state index in [9.17, 15) is 5.11 Å². The molecule has 0 radical (unpaired) electrons. The minimum Gasteiger partial charge on any atom is -0.494 e. The Morgan fingerprint density at radius 2 is 1.57 bits per heavy atom. The van der Waals surface area contributed by atoms with Crippen LogP contribution in [0.4, 0.5) is 0 Å². The van der Waals surface area contributed by atoms with E-state index >= 15 is 0 Å². The molecule has 1 fully saturated rings. The molecule has 2 heteroatoms. The number of aliphatic hydroxyl groups excluding tert-OH is 1. The van der Waals surface area contributed by atoms with Gasteiger partial charge in [0.2, 0.25) is 0 Å². The van der Waals surface area contributed by atoms with E-state index in [0.717, 1.165) is 22.8 Å². The molecule has 0 aliphatic heterocycles. The monoisotopic (exact) mass is 282 g/mol. The summed E-state index contributed by atoms with van der Waals surface area (Å²) in [7, 11) is 0. The zero-order valence-electron chi connectivity index (χ0n) is 12.5. The molecule has 1 N–H and O–H groups in total. The summed E-state index contributed by atoms with van der Waals surface area (Å²) < 4.78 is 5.43. The number of rotatable bonds is 5. The smallest absolute Gasteiger partial charge is 0.119 e. The molecular formula is C19H22O2. The van der Waals surface area contributed by atoms with Crippen molar-refractivity contribution < 1.29 is 9.84 Å². The van der Waals surface area contributed by atoms with Crippen molar-refractivity contribution in [1.82, 2.24) is 0 Å². The highest BCUT2D eigenvalue weighted by Crippen LogP contribution is 2.36. The maximum Gasteiger partial charge on any atom is 0.119 e. The summed E-state index contributed by atoms with van der Waals surface area (Å²) in [5.74, 6) is 1.58. The van der Waals surface area contributed by atoms with Crippen molar-refractivity contribution in [3.05, 3.63) is 65.2 Å². The van der Waals surface area contributed by atoms with Crippen LogP contribution in [0.25, 0.3) is 0 Å². The van der Waals surface area contributed by atoms with Crippen molar-refractivity contribution >= 4 is 0 Å². The molecule has 0 saturated heterocycles. The Kier molecular flexibility index (Phi) is 4.26. The minimum atomic E-state index is -0.573. The van der Waals surface area contributed by atoms with E-state index in [1.165, 1.54) is 24.8 Å². The molecule has 0 bridgehead atoms. The minimum absolute atomic E-state index is 0.573. The van der Waals surface area contributed by atoms with Crippen LogP contribution in [0.2, 0.25) is 0 Å². The van der Waals surface area contributed by atoms with Crippen LogP contribution in [0.3, 0.4) is 0 Å². The molecule has 1 aliphatic rings. The van der Waals surface area contributed by atoms with Crippen LogP contribution in [0.15, 0.2) is 48.5 Å². The van der Waals surface area contributed by atoms with Gasteiger partial charge >= 0.3 is 0 Å². The van der Waals surface area contributed by atoms with Crippen LogP contribution in [-0.2, 0) is 0 Å². The fraction of sp³-hybridized carbons (Fsp3) is 0.368. The molecule has 0 amide bonds. The van der Waals surface area contributed by atoms with Gasteiger partial charge in [0.1, 0.15) is 11.9 Å². The van der Waals surface area contributed by atoms with Gasteiger partial charge in [-0.25, -0.2) is 0 Å². The highest BCUT2D eigenvalue weighted by atomic mass is 16.5. The van der Waals surface area contributed by atoms with Crippen LogP contribution in [0, 0.1) is 0 Å². The molecule has 2 aromatic rings. The Morgan fingerprint density at radius 1 is 1.00 bits per heavy atom. The van der Waals surface area contributed by atoms with Crippen LogP contribution >= 0.6 is 0 Å². The predicted octanol–water partition coefficient (Wildman–Crippen LogP) is 4.43. The van der Waals surface area contributed by atoms with Crippen LogP contribution in [-0.4, -0.2) is 11.7 Å². The molecular weight excluding hydrogens is 260 g/mol. The second kappa shape index (κ2) is 6.31. The summed E-state index contributed by atoms with van der Waals surface area (Å²) in [6, 6.07) is 16.1. The largest absolute Gasteiger partial charge is 0.494 e. The zero-order chi connectivity index (χ0) is 14.7. The quantitative estimate of drug-likeness (QED) is 0.878. The van der Waals surface area contributed by atoms with Gasteiger partial charge in [-0.05, 0) is 54.5 Å². The first kappa shape index (κ1) is 14.2. The molecule has 2 aromatic carbocycles. The normalized spacial score (nSPS) is 16.3. The molecule has 1 aliphatic carbocycles. The summed E-state index contributed by atoms with van der Waals surface area (Å²) in [5.41, 5.74) is 3.25. The van der Waals surface area contributed by atoms with Crippen LogP contribution in [0.5, 0.6) is 5.75 Å². The Hall–Kier alpha value is -1.80. The fourth-order valence-corrected chi connectivity index (χ4v) is 2.80. The van der Waals surface area contributed by atoms with Gasteiger partial charge in [0.25, 0.3) is 0 Å². The van der Waals surface area contributed by atoms with Crippen molar-refractivity contribution in [2.24, 2.45) is 0 Å². The molecule has 0 heterocycles. The Morgan fingerprint density at radius 3 is 2.05 bits per heavy atom. The van der Waals surface area contributed by atoms with Crippen molar-refractivity contribution in [2.75, 3.05) is 6.61 Å². The first-order valence-electron chi connectivity index (χ1n) is 7.78. The Labute approximate surface area is 126 Å². The van der Waals surface area contributed by atoms with Crippen LogP contribution in [0.1, 0.15) is 54.9 Å². The van der Waals surface area contributed by atoms with Crippen molar-refractivity contribution in [3.63, 3.8) is 0 Å². The summed E-state index contributed by atoms with van der Waals surface area (Å²) in [5, 5.41) is 10.5. The van der Waals surface area contributed by atoms with Crippen molar-refractivity contribution in [1.29, 1.82) is 0 Å². The Bertz CT molecular complexity index is 568. The van der Waals surface area contributed by atoms with E-state index in [-0.39, 0.29) is 0 Å². The second-order valence-electron chi connectivity index (χ2n) is 5.70. The lowest BCUT2D eigenvalue weighted by Gasteiger charge is -2.26. The third kappa shape index (κ3) is 3.11. The Balaban J connectivity index is 1.72. The predicted molar refractivity (Wildman–Crippen MR) is 84.7 cm³/mol. The van der Waals surface area contributed by atoms with Gasteiger partial charge in [-0.1, -0.05) is 42.8 Å². The molecule has 1 unspecified atom stereocenters. The first-order valence-corrected chi connectivity index (χ1v) is 7.78. The maximum atomic E-state index is 10.5. The van der Waals surface area contributed by atoms with Crippen LogP contribution < -0.4 is 4.74 Å². The molecule has 1 atom stereocenters. The van der Waals surface area contributed by atoms with Gasteiger partial charge in [-0.15, -0.1) is 0 Å². The molecule has 1 saturated carbocycles. The van der Waals surface area contributed by atoms with E-state index in [4.69, 9.17) is 4.74 Å². The molecule has 3 rings (SSSR count). The van der Waals surface area contributed by atoms with Crippen molar-refractivity contribution in [3.8, 4) is 5.75 Å². The number of benzene rings is 2. The number of aliphatic hydroxyl groups is 1. The fourth-order valence-electron chi connectivity index (χ4n) is 2.80. The average molecular weight is 282 g/mol. The zero-order valence-corrected chi connectivity index (χ0v) is 12.5. The SMILES string of the molecule is CCOc1ccc(C(O)c2ccc(C3CCC3)cc2)cc1. The van der Waals surface area contributed by atoms with Gasteiger partial charge in [0, 0.05) is 0 Å². The summed E-state index contributed by atoms with van der Waals surface area (Å²) in [6.45, 7) is 2.62. The number of ether oxygens (including phenoxy) is 1. The summed E-state index contributed by atoms with van der Waals surface area (Å²) in [6.07, 6.45) is 3.39. The molecule has 0 spiro atoms. The number of hydrogen-bond acceptors (Lipinski definition) is 2. The standard InChI is InChI=1S/C19H22O2/c1-2-21-18-12-10-17(11-13-18)19(20)16-8-6-15(7-9-16)14-4-3-5-14/h6-14,19-20H,2-5H2,1H3. The van der Waals surface area contributed by atoms with Crippen molar-refractivity contribution in [2.45, 2.75) is 38.2 Å². The first-order chi connectivity index (χ1) is 10.3. The molecule has 110 valence electrons. The lowest BCUT2D eigenvalue weighted by Crippen LogP contribution is -2.09. The lowest BCUT2D eigenvalue weighted by molar-refractivity contribution is 0.220. The highest BCUT2D eigenvalue weighted by Gasteiger charge is 2.19. The van der Waals surface area contributed by atoms with Gasteiger partial charge in [-0.2, -0.15) is 0 Å². The second-order valence-corrected chi connectivity index (χ2v) is 5.70. The van der Waals surface area contributed by atoms with Gasteiger partial charge in [-0.3, -0.25) is 0 Å². The lowest BCUT2D eigenvalue weighted by atomic mass is 9.80. The van der Waals surface area contributed by atoms with Gasteiger partial charge in [0.15, 0.2) is 0 Å². The van der Waals surface area contributed by atoms with E-state index in [1.54, 1.807) is 0 Å². The van der Waals surface area contributed by atoms with E-state index < -0.39 is 6.10 Å². The van der Waals surface area contributed by atoms with Gasteiger partial charge < -0.3 is 9.84 Å². The molecule has 21 heavy (non-hydrogen) atoms. The maximum absolute atomic E-state index is 10.5. The van der Waals surface area contributed by atoms with E-state index in [0.29, 0.717) is 6.61 Å².